The Bertz CT molecular complexity index is 1580. The van der Waals surface area contributed by atoms with Gasteiger partial charge in [0, 0.05) is 17.3 Å². The van der Waals surface area contributed by atoms with E-state index in [2.05, 4.69) is 115 Å². The highest BCUT2D eigenvalue weighted by Gasteiger charge is 2.69. The zero-order chi connectivity index (χ0) is 36.3. The second kappa shape index (κ2) is 13.5. The summed E-state index contributed by atoms with van der Waals surface area (Å²) in [6, 6.07) is 21.3. The van der Waals surface area contributed by atoms with Crippen molar-refractivity contribution in [3.05, 3.63) is 83.4 Å². The van der Waals surface area contributed by atoms with Gasteiger partial charge in [-0.05, 0) is 108 Å². The predicted molar refractivity (Wildman–Crippen MR) is 206 cm³/mol. The second-order valence-electron chi connectivity index (χ2n) is 19.6. The van der Waals surface area contributed by atoms with E-state index < -0.39 is 0 Å². The molecule has 2 aromatic carbocycles. The van der Waals surface area contributed by atoms with Crippen LogP contribution in [0.25, 0.3) is 0 Å². The molecule has 10 atom stereocenters. The van der Waals surface area contributed by atoms with Crippen molar-refractivity contribution in [3.63, 3.8) is 0 Å². The maximum atomic E-state index is 12.6. The van der Waals surface area contributed by atoms with Crippen LogP contribution in [0.2, 0.25) is 0 Å². The molecule has 0 amide bonds. The highest BCUT2D eigenvalue weighted by molar-refractivity contribution is 5.68. The minimum atomic E-state index is -0.235. The summed E-state index contributed by atoms with van der Waals surface area (Å²) < 4.78 is 19.9. The van der Waals surface area contributed by atoms with E-state index >= 15 is 0 Å². The minimum Gasteiger partial charge on any atom is -0.465 e. The molecule has 2 aromatic rings. The van der Waals surface area contributed by atoms with Gasteiger partial charge in [0.25, 0.3) is 0 Å². The van der Waals surface area contributed by atoms with Crippen molar-refractivity contribution in [2.75, 3.05) is 6.61 Å². The molecule has 0 aliphatic heterocycles. The fraction of sp³-hybridized carbons (Fsp3) is 0.681. The predicted octanol–water partition coefficient (Wildman–Crippen LogP) is 11.5. The number of hydrogen-bond donors (Lipinski definition) is 0. The van der Waals surface area contributed by atoms with Gasteiger partial charge in [0.2, 0.25) is 0 Å². The molecule has 7 rings (SSSR count). The van der Waals surface area contributed by atoms with Gasteiger partial charge in [0.1, 0.15) is 0 Å². The van der Waals surface area contributed by atoms with Crippen molar-refractivity contribution in [3.8, 4) is 0 Å². The second-order valence-corrected chi connectivity index (χ2v) is 19.6. The number of carbonyl (C=O) groups excluding carboxylic acids is 1. The lowest BCUT2D eigenvalue weighted by Gasteiger charge is -2.72. The van der Waals surface area contributed by atoms with Gasteiger partial charge in [0.15, 0.2) is 0 Å². The fourth-order valence-electron chi connectivity index (χ4n) is 13.0. The zero-order valence-corrected chi connectivity index (χ0v) is 33.1. The maximum absolute atomic E-state index is 12.6. The topological polar surface area (TPSA) is 44.8 Å². The van der Waals surface area contributed by atoms with Gasteiger partial charge in [-0.25, -0.2) is 0 Å². The van der Waals surface area contributed by atoms with Gasteiger partial charge in [-0.2, -0.15) is 0 Å². The fourth-order valence-corrected chi connectivity index (χ4v) is 13.0. The quantitative estimate of drug-likeness (QED) is 0.194. The first-order valence-electron chi connectivity index (χ1n) is 20.4. The molecule has 0 spiro atoms. The molecule has 4 fully saturated rings. The summed E-state index contributed by atoms with van der Waals surface area (Å²) in [6.07, 6.45) is 14.0. The Morgan fingerprint density at radius 3 is 1.96 bits per heavy atom. The molecule has 4 saturated carbocycles. The first kappa shape index (κ1) is 36.9. The molecule has 0 bridgehead atoms. The highest BCUT2D eigenvalue weighted by Crippen LogP contribution is 2.76. The molecule has 0 saturated heterocycles. The third kappa shape index (κ3) is 6.17. The molecule has 0 aromatic heterocycles. The van der Waals surface area contributed by atoms with Gasteiger partial charge in [-0.3, -0.25) is 4.79 Å². The van der Waals surface area contributed by atoms with Crippen LogP contribution in [0.4, 0.5) is 0 Å². The van der Waals surface area contributed by atoms with Crippen LogP contribution in [-0.2, 0) is 32.2 Å². The van der Waals surface area contributed by atoms with Crippen LogP contribution in [-0.4, -0.2) is 24.8 Å². The maximum Gasteiger partial charge on any atom is 0.305 e. The number of ether oxygens (including phenoxy) is 3. The van der Waals surface area contributed by atoms with Gasteiger partial charge in [-0.15, -0.1) is 0 Å². The number of fused-ring (bicyclic) bond motifs is 7. The summed E-state index contributed by atoms with van der Waals surface area (Å²) in [6.45, 7) is 21.6. The standard InChI is InChI=1S/C47H66O4/c1-9-41(48)51-32-45(6)37-22-25-47(8)38(44(37,5)24-23-39(45)49-30-33-16-12-10-13-17-33)21-20-35-36-28-42(2,3)29-40(43(36,4)26-27-46(35,47)7)50-31-34-18-14-11-15-19-34/h10-20,36-40H,9,21-32H2,1-8H3/t36-,37?,38-,39+,40-,43-,44+,45+,46-,47-/m1/s1. The number of benzene rings is 2. The summed E-state index contributed by atoms with van der Waals surface area (Å²) in [5.41, 5.74) is 4.91. The Balaban J connectivity index is 1.19. The molecule has 4 heteroatoms. The summed E-state index contributed by atoms with van der Waals surface area (Å²) >= 11 is 0. The number of carbonyl (C=O) groups is 1. The normalized spacial score (nSPS) is 41.3. The van der Waals surface area contributed by atoms with Crippen LogP contribution in [0.1, 0.15) is 131 Å². The average Bonchev–Trinajstić information content (AvgIpc) is 3.11. The lowest BCUT2D eigenvalue weighted by Crippen LogP contribution is -2.66. The number of esters is 1. The van der Waals surface area contributed by atoms with Crippen molar-refractivity contribution in [2.45, 2.75) is 145 Å². The smallest absolute Gasteiger partial charge is 0.305 e. The highest BCUT2D eigenvalue weighted by atomic mass is 16.5. The third-order valence-corrected chi connectivity index (χ3v) is 16.2. The monoisotopic (exact) mass is 694 g/mol. The summed E-state index contributed by atoms with van der Waals surface area (Å²) in [5.74, 6) is 1.46. The SMILES string of the molecule is CCC(=O)OC[C@@]1(C)C2CC[C@]3(C)[C@H](CC=C4[C@H]5CC(C)(C)C[C@@H](OCc6ccccc6)[C@]5(C)CC[C@]43C)[C@@]2(C)CC[C@@H]1OCc1ccccc1. The van der Waals surface area contributed by atoms with Crippen molar-refractivity contribution < 1.29 is 19.0 Å². The molecule has 1 unspecified atom stereocenters. The number of allylic oxidation sites excluding steroid dienone is 2. The molecule has 0 radical (unpaired) electrons. The largest absolute Gasteiger partial charge is 0.465 e. The molecule has 278 valence electrons. The average molecular weight is 695 g/mol. The van der Waals surface area contributed by atoms with E-state index in [1.807, 2.05) is 6.92 Å². The lowest BCUT2D eigenvalue weighted by molar-refractivity contribution is -0.232. The van der Waals surface area contributed by atoms with Crippen LogP contribution in [0.3, 0.4) is 0 Å². The summed E-state index contributed by atoms with van der Waals surface area (Å²) in [7, 11) is 0. The Morgan fingerprint density at radius 1 is 0.706 bits per heavy atom. The zero-order valence-electron chi connectivity index (χ0n) is 33.1. The Labute approximate surface area is 309 Å². The van der Waals surface area contributed by atoms with Crippen LogP contribution in [0.5, 0.6) is 0 Å². The van der Waals surface area contributed by atoms with Gasteiger partial charge < -0.3 is 14.2 Å². The molecular formula is C47H66O4. The van der Waals surface area contributed by atoms with Crippen molar-refractivity contribution >= 4 is 5.97 Å². The van der Waals surface area contributed by atoms with E-state index in [0.29, 0.717) is 44.0 Å². The summed E-state index contributed by atoms with van der Waals surface area (Å²) in [4.78, 5) is 12.6. The molecule has 0 N–H and O–H groups in total. The minimum absolute atomic E-state index is 0.0581. The first-order valence-corrected chi connectivity index (χ1v) is 20.4. The van der Waals surface area contributed by atoms with Crippen LogP contribution < -0.4 is 0 Å². The van der Waals surface area contributed by atoms with E-state index in [0.717, 1.165) is 32.1 Å². The van der Waals surface area contributed by atoms with E-state index in [1.165, 1.54) is 36.8 Å². The van der Waals surface area contributed by atoms with E-state index in [9.17, 15) is 4.79 Å². The van der Waals surface area contributed by atoms with Crippen molar-refractivity contribution in [2.24, 2.45) is 50.2 Å². The molecular weight excluding hydrogens is 629 g/mol. The molecule has 5 aliphatic carbocycles. The van der Waals surface area contributed by atoms with Crippen LogP contribution >= 0.6 is 0 Å². The molecule has 4 nitrogen and oxygen atoms in total. The van der Waals surface area contributed by atoms with Crippen molar-refractivity contribution in [1.82, 2.24) is 0 Å². The van der Waals surface area contributed by atoms with Gasteiger partial charge in [-0.1, -0.05) is 128 Å². The Kier molecular flexibility index (Phi) is 9.74. The molecule has 0 heterocycles. The van der Waals surface area contributed by atoms with Crippen LogP contribution in [0, 0.1) is 50.2 Å². The summed E-state index contributed by atoms with van der Waals surface area (Å²) in [5, 5.41) is 0. The van der Waals surface area contributed by atoms with Gasteiger partial charge in [0.05, 0.1) is 32.0 Å². The molecule has 5 aliphatic rings. The van der Waals surface area contributed by atoms with Gasteiger partial charge >= 0.3 is 5.97 Å². The van der Waals surface area contributed by atoms with Crippen molar-refractivity contribution in [1.29, 1.82) is 0 Å². The number of hydrogen-bond acceptors (Lipinski definition) is 4. The van der Waals surface area contributed by atoms with Crippen LogP contribution in [0.15, 0.2) is 72.3 Å². The lowest BCUT2D eigenvalue weighted by atomic mass is 9.33. The van der Waals surface area contributed by atoms with E-state index in [1.54, 1.807) is 5.57 Å². The molecule has 51 heavy (non-hydrogen) atoms. The Hall–Kier alpha value is -2.43. The Morgan fingerprint density at radius 2 is 1.33 bits per heavy atom. The van der Waals surface area contributed by atoms with E-state index in [4.69, 9.17) is 14.2 Å². The van der Waals surface area contributed by atoms with E-state index in [-0.39, 0.29) is 50.7 Å². The first-order chi connectivity index (χ1) is 24.2. The third-order valence-electron chi connectivity index (χ3n) is 16.2. The number of rotatable bonds is 9.